The van der Waals surface area contributed by atoms with E-state index in [-0.39, 0.29) is 10.8 Å². The van der Waals surface area contributed by atoms with Gasteiger partial charge in [0.2, 0.25) is 15.9 Å². The molecule has 1 aromatic rings. The van der Waals surface area contributed by atoms with Crippen molar-refractivity contribution < 1.29 is 13.2 Å². The first-order chi connectivity index (χ1) is 12.5. The summed E-state index contributed by atoms with van der Waals surface area (Å²) in [6.07, 6.45) is 6.60. The van der Waals surface area contributed by atoms with Crippen molar-refractivity contribution in [3.05, 3.63) is 23.8 Å². The van der Waals surface area contributed by atoms with Gasteiger partial charge in [0.05, 0.1) is 4.90 Å². The van der Waals surface area contributed by atoms with Crippen LogP contribution in [0, 0.1) is 0 Å². The molecule has 26 heavy (non-hydrogen) atoms. The number of amides is 1. The van der Waals surface area contributed by atoms with Gasteiger partial charge >= 0.3 is 0 Å². The van der Waals surface area contributed by atoms with Crippen LogP contribution in [0.2, 0.25) is 0 Å². The maximum atomic E-state index is 12.6. The summed E-state index contributed by atoms with van der Waals surface area (Å²) in [6.45, 7) is 5.54. The highest BCUT2D eigenvalue weighted by molar-refractivity contribution is 7.89. The van der Waals surface area contributed by atoms with Crippen LogP contribution in [0.3, 0.4) is 0 Å². The molecule has 6 nitrogen and oxygen atoms in total. The molecular weight excluding hydrogens is 350 g/mol. The molecule has 0 atom stereocenters. The normalized spacial score (nSPS) is 19.0. The zero-order valence-electron chi connectivity index (χ0n) is 15.5. The van der Waals surface area contributed by atoms with E-state index in [0.717, 1.165) is 43.7 Å². The van der Waals surface area contributed by atoms with Gasteiger partial charge in [-0.25, -0.2) is 13.1 Å². The van der Waals surface area contributed by atoms with Crippen LogP contribution in [0.5, 0.6) is 0 Å². The second-order valence-electron chi connectivity index (χ2n) is 7.22. The third-order valence-corrected chi connectivity index (χ3v) is 6.74. The molecule has 1 N–H and O–H groups in total. The number of carbonyl (C=O) groups excluding carboxylic acids is 1. The maximum absolute atomic E-state index is 12.6. The van der Waals surface area contributed by atoms with Crippen LogP contribution < -0.4 is 9.62 Å². The minimum Gasteiger partial charge on any atom is -0.312 e. The fourth-order valence-electron chi connectivity index (χ4n) is 3.85. The molecule has 0 spiro atoms. The summed E-state index contributed by atoms with van der Waals surface area (Å²) < 4.78 is 28.0. The highest BCUT2D eigenvalue weighted by Gasteiger charge is 2.23. The van der Waals surface area contributed by atoms with E-state index >= 15 is 0 Å². The van der Waals surface area contributed by atoms with Gasteiger partial charge in [0.1, 0.15) is 0 Å². The van der Waals surface area contributed by atoms with Crippen LogP contribution in [0.1, 0.15) is 44.6 Å². The Labute approximate surface area is 156 Å². The van der Waals surface area contributed by atoms with Crippen LogP contribution in [0.15, 0.2) is 23.1 Å². The van der Waals surface area contributed by atoms with E-state index in [2.05, 4.69) is 9.62 Å². The number of benzene rings is 1. The average molecular weight is 380 g/mol. The number of hydrogen-bond acceptors (Lipinski definition) is 4. The van der Waals surface area contributed by atoms with Crippen molar-refractivity contribution in [2.75, 3.05) is 37.6 Å². The number of anilines is 1. The topological polar surface area (TPSA) is 69.7 Å². The Balaban J connectivity index is 1.64. The fourth-order valence-corrected chi connectivity index (χ4v) is 4.92. The number of carbonyl (C=O) groups is 1. The number of rotatable bonds is 5. The van der Waals surface area contributed by atoms with Gasteiger partial charge in [-0.15, -0.1) is 0 Å². The lowest BCUT2D eigenvalue weighted by Gasteiger charge is -2.28. The van der Waals surface area contributed by atoms with E-state index in [1.54, 1.807) is 30.0 Å². The lowest BCUT2D eigenvalue weighted by atomic mass is 10.0. The molecule has 1 fully saturated rings. The number of hydrogen-bond donors (Lipinski definition) is 1. The molecule has 0 radical (unpaired) electrons. The standard InChI is InChI=1S/C19H29N3O3S/c1-16(23)22-13-6-7-17-15-18(8-9-19(17)22)26(24,25)20-10-14-21-11-4-2-3-5-12-21/h8-9,15,20H,2-7,10-14H2,1H3. The van der Waals surface area contributed by atoms with E-state index in [9.17, 15) is 13.2 Å². The molecule has 7 heteroatoms. The monoisotopic (exact) mass is 379 g/mol. The second-order valence-corrected chi connectivity index (χ2v) is 8.99. The number of sulfonamides is 1. The SMILES string of the molecule is CC(=O)N1CCCc2cc(S(=O)(=O)NCCN3CCCCCC3)ccc21. The van der Waals surface area contributed by atoms with Gasteiger partial charge in [-0.1, -0.05) is 12.8 Å². The van der Waals surface area contributed by atoms with Crippen molar-refractivity contribution in [1.82, 2.24) is 9.62 Å². The lowest BCUT2D eigenvalue weighted by molar-refractivity contribution is -0.116. The average Bonchev–Trinajstić information content (AvgIpc) is 2.89. The van der Waals surface area contributed by atoms with E-state index in [1.807, 2.05) is 0 Å². The highest BCUT2D eigenvalue weighted by atomic mass is 32.2. The highest BCUT2D eigenvalue weighted by Crippen LogP contribution is 2.29. The molecule has 1 amide bonds. The number of aryl methyl sites for hydroxylation is 1. The maximum Gasteiger partial charge on any atom is 0.240 e. The van der Waals surface area contributed by atoms with E-state index in [1.165, 1.54) is 25.7 Å². The molecule has 0 aliphatic carbocycles. The second kappa shape index (κ2) is 8.50. The Morgan fingerprint density at radius 1 is 1.08 bits per heavy atom. The van der Waals surface area contributed by atoms with Crippen molar-refractivity contribution >= 4 is 21.6 Å². The molecule has 2 heterocycles. The first-order valence-corrected chi connectivity index (χ1v) is 11.1. The van der Waals surface area contributed by atoms with Gasteiger partial charge in [0.25, 0.3) is 0 Å². The molecule has 2 aliphatic heterocycles. The van der Waals surface area contributed by atoms with Crippen LogP contribution in [-0.4, -0.2) is 51.9 Å². The zero-order valence-corrected chi connectivity index (χ0v) is 16.4. The van der Waals surface area contributed by atoms with Crippen molar-refractivity contribution in [3.63, 3.8) is 0 Å². The summed E-state index contributed by atoms with van der Waals surface area (Å²) in [5.74, 6) is -0.00266. The van der Waals surface area contributed by atoms with Crippen molar-refractivity contribution in [3.8, 4) is 0 Å². The molecule has 0 aromatic heterocycles. The van der Waals surface area contributed by atoms with Crippen LogP contribution >= 0.6 is 0 Å². The first-order valence-electron chi connectivity index (χ1n) is 9.60. The van der Waals surface area contributed by atoms with Crippen molar-refractivity contribution in [2.45, 2.75) is 50.3 Å². The summed E-state index contributed by atoms with van der Waals surface area (Å²) in [6, 6.07) is 5.09. The lowest BCUT2D eigenvalue weighted by Crippen LogP contribution is -2.36. The third-order valence-electron chi connectivity index (χ3n) is 5.28. The van der Waals surface area contributed by atoms with Crippen molar-refractivity contribution in [1.29, 1.82) is 0 Å². The molecule has 3 rings (SSSR count). The van der Waals surface area contributed by atoms with Gasteiger partial charge in [-0.05, 0) is 62.5 Å². The number of fused-ring (bicyclic) bond motifs is 1. The molecular formula is C19H29N3O3S. The van der Waals surface area contributed by atoms with E-state index in [0.29, 0.717) is 13.1 Å². The summed E-state index contributed by atoms with van der Waals surface area (Å²) in [5, 5.41) is 0. The number of nitrogens with zero attached hydrogens (tertiary/aromatic N) is 2. The molecule has 1 aromatic carbocycles. The Morgan fingerprint density at radius 3 is 2.50 bits per heavy atom. The number of nitrogens with one attached hydrogen (secondary N) is 1. The third kappa shape index (κ3) is 4.64. The van der Waals surface area contributed by atoms with Gasteiger partial charge in [0, 0.05) is 32.2 Å². The summed E-state index contributed by atoms with van der Waals surface area (Å²) >= 11 is 0. The Hall–Kier alpha value is -1.44. The minimum atomic E-state index is -3.52. The smallest absolute Gasteiger partial charge is 0.240 e. The molecule has 0 unspecified atom stereocenters. The van der Waals surface area contributed by atoms with Gasteiger partial charge in [-0.2, -0.15) is 0 Å². The molecule has 0 saturated carbocycles. The Morgan fingerprint density at radius 2 is 1.81 bits per heavy atom. The molecule has 2 aliphatic rings. The predicted octanol–water partition coefficient (Wildman–Crippen LogP) is 2.14. The summed E-state index contributed by atoms with van der Waals surface area (Å²) in [5.41, 5.74) is 1.77. The van der Waals surface area contributed by atoms with Crippen LogP contribution in [0.4, 0.5) is 5.69 Å². The summed E-state index contributed by atoms with van der Waals surface area (Å²) in [7, 11) is -3.52. The zero-order chi connectivity index (χ0) is 18.6. The van der Waals surface area contributed by atoms with Crippen LogP contribution in [0.25, 0.3) is 0 Å². The fraction of sp³-hybridized carbons (Fsp3) is 0.632. The predicted molar refractivity (Wildman–Crippen MR) is 103 cm³/mol. The van der Waals surface area contributed by atoms with E-state index < -0.39 is 10.0 Å². The van der Waals surface area contributed by atoms with Gasteiger partial charge in [-0.3, -0.25) is 4.79 Å². The van der Waals surface area contributed by atoms with E-state index in [4.69, 9.17) is 0 Å². The summed E-state index contributed by atoms with van der Waals surface area (Å²) in [4.78, 5) is 16.1. The molecule has 1 saturated heterocycles. The number of likely N-dealkylation sites (tertiary alicyclic amines) is 1. The van der Waals surface area contributed by atoms with Crippen LogP contribution in [-0.2, 0) is 21.2 Å². The quantitative estimate of drug-likeness (QED) is 0.851. The minimum absolute atomic E-state index is 0.00266. The largest absolute Gasteiger partial charge is 0.312 e. The van der Waals surface area contributed by atoms with Crippen molar-refractivity contribution in [2.24, 2.45) is 0 Å². The Bertz CT molecular complexity index is 740. The first kappa shape index (κ1) is 19.3. The van der Waals surface area contributed by atoms with Gasteiger partial charge in [0.15, 0.2) is 0 Å². The van der Waals surface area contributed by atoms with Gasteiger partial charge < -0.3 is 9.80 Å². The molecule has 0 bridgehead atoms. The molecule has 144 valence electrons. The Kier molecular flexibility index (Phi) is 6.32.